The predicted octanol–water partition coefficient (Wildman–Crippen LogP) is 5.13. The van der Waals surface area contributed by atoms with Crippen LogP contribution in [0.15, 0.2) is 84.9 Å². The second-order valence-corrected chi connectivity index (χ2v) is 6.48. The third-order valence-electron chi connectivity index (χ3n) is 4.47. The molecular formula is C23H24ClNO. The van der Waals surface area contributed by atoms with Gasteiger partial charge in [-0.2, -0.15) is 0 Å². The summed E-state index contributed by atoms with van der Waals surface area (Å²) in [5.41, 5.74) is 4.22. The molecule has 1 unspecified atom stereocenters. The first-order valence-electron chi connectivity index (χ1n) is 8.55. The molecule has 26 heavy (non-hydrogen) atoms. The molecule has 0 heterocycles. The Morgan fingerprint density at radius 1 is 0.769 bits per heavy atom. The maximum absolute atomic E-state index is 13.0. The lowest BCUT2D eigenvalue weighted by Gasteiger charge is -2.23. The molecule has 0 N–H and O–H groups in total. The summed E-state index contributed by atoms with van der Waals surface area (Å²) in [5, 5.41) is 0. The number of likely N-dealkylation sites (N-methyl/N-ethyl adjacent to an activating group) is 1. The summed E-state index contributed by atoms with van der Waals surface area (Å²) < 4.78 is 0. The Kier molecular flexibility index (Phi) is 7.14. The van der Waals surface area contributed by atoms with Crippen LogP contribution in [0.1, 0.15) is 15.9 Å². The zero-order chi connectivity index (χ0) is 17.6. The molecule has 3 heteroatoms. The Morgan fingerprint density at radius 3 is 1.81 bits per heavy atom. The standard InChI is InChI=1S/C23H23NO.ClH/c1-24(2)22(17-18-9-5-3-6-10-18)23(25)21-15-13-20(14-16-21)19-11-7-4-8-12-19;/h3-16,22H,17H2,1-2H3;1H. The fraction of sp³-hybridized carbons (Fsp3) is 0.174. The van der Waals surface area contributed by atoms with Crippen molar-refractivity contribution < 1.29 is 4.79 Å². The van der Waals surface area contributed by atoms with Gasteiger partial charge in [-0.3, -0.25) is 9.69 Å². The third kappa shape index (κ3) is 4.81. The van der Waals surface area contributed by atoms with Gasteiger partial charge in [0.2, 0.25) is 0 Å². The van der Waals surface area contributed by atoms with E-state index in [0.29, 0.717) is 6.42 Å². The van der Waals surface area contributed by atoms with Crippen LogP contribution in [0.25, 0.3) is 11.1 Å². The minimum atomic E-state index is -0.162. The molecule has 0 spiro atoms. The fourth-order valence-corrected chi connectivity index (χ4v) is 3.00. The molecule has 0 amide bonds. The SMILES string of the molecule is CN(C)C(Cc1ccccc1)C(=O)c1ccc(-c2ccccc2)cc1.Cl. The van der Waals surface area contributed by atoms with E-state index in [1.165, 1.54) is 5.56 Å². The van der Waals surface area contributed by atoms with Crippen LogP contribution in [0.4, 0.5) is 0 Å². The second kappa shape index (κ2) is 9.33. The number of hydrogen-bond acceptors (Lipinski definition) is 2. The number of rotatable bonds is 6. The summed E-state index contributed by atoms with van der Waals surface area (Å²) in [5.74, 6) is 0.161. The molecular weight excluding hydrogens is 342 g/mol. The van der Waals surface area contributed by atoms with Gasteiger partial charge < -0.3 is 0 Å². The summed E-state index contributed by atoms with van der Waals surface area (Å²) in [7, 11) is 3.92. The Balaban J connectivity index is 0.00000243. The second-order valence-electron chi connectivity index (χ2n) is 6.48. The van der Waals surface area contributed by atoms with Crippen molar-refractivity contribution in [3.63, 3.8) is 0 Å². The molecule has 0 aliphatic rings. The summed E-state index contributed by atoms with van der Waals surface area (Å²) in [6.45, 7) is 0. The zero-order valence-corrected chi connectivity index (χ0v) is 15.9. The van der Waals surface area contributed by atoms with Gasteiger partial charge in [0.1, 0.15) is 0 Å². The summed E-state index contributed by atoms with van der Waals surface area (Å²) in [6, 6.07) is 28.1. The molecule has 0 saturated carbocycles. The monoisotopic (exact) mass is 365 g/mol. The highest BCUT2D eigenvalue weighted by atomic mass is 35.5. The van der Waals surface area contributed by atoms with Crippen molar-refractivity contribution in [2.24, 2.45) is 0 Å². The van der Waals surface area contributed by atoms with Crippen LogP contribution in [0.2, 0.25) is 0 Å². The molecule has 1 atom stereocenters. The molecule has 0 radical (unpaired) electrons. The number of carbonyl (C=O) groups excluding carboxylic acids is 1. The first kappa shape index (κ1) is 19.9. The molecule has 3 aromatic rings. The zero-order valence-electron chi connectivity index (χ0n) is 15.1. The molecule has 3 rings (SSSR count). The molecule has 2 nitrogen and oxygen atoms in total. The van der Waals surface area contributed by atoms with Crippen LogP contribution in [-0.2, 0) is 6.42 Å². The smallest absolute Gasteiger partial charge is 0.180 e. The van der Waals surface area contributed by atoms with Crippen LogP contribution in [0.5, 0.6) is 0 Å². The topological polar surface area (TPSA) is 20.3 Å². The van der Waals surface area contributed by atoms with Crippen LogP contribution < -0.4 is 0 Å². The molecule has 0 saturated heterocycles. The maximum Gasteiger partial charge on any atom is 0.180 e. The first-order valence-corrected chi connectivity index (χ1v) is 8.55. The van der Waals surface area contributed by atoms with Crippen molar-refractivity contribution in [2.45, 2.75) is 12.5 Å². The van der Waals surface area contributed by atoms with Gasteiger partial charge in [0.05, 0.1) is 6.04 Å². The minimum Gasteiger partial charge on any atom is -0.299 e. The van der Waals surface area contributed by atoms with Crippen LogP contribution >= 0.6 is 12.4 Å². The molecule has 0 fully saturated rings. The Bertz CT molecular complexity index is 814. The number of Topliss-reactive ketones (excluding diaryl/α,β-unsaturated/α-hetero) is 1. The van der Waals surface area contributed by atoms with Crippen LogP contribution in [0, 0.1) is 0 Å². The van der Waals surface area contributed by atoms with Gasteiger partial charge in [0.15, 0.2) is 5.78 Å². The molecule has 0 aliphatic carbocycles. The fourth-order valence-electron chi connectivity index (χ4n) is 3.00. The Hall–Kier alpha value is -2.42. The molecule has 0 bridgehead atoms. The Morgan fingerprint density at radius 2 is 1.27 bits per heavy atom. The highest BCUT2D eigenvalue weighted by Crippen LogP contribution is 2.21. The van der Waals surface area contributed by atoms with E-state index < -0.39 is 0 Å². The predicted molar refractivity (Wildman–Crippen MR) is 111 cm³/mol. The largest absolute Gasteiger partial charge is 0.299 e. The van der Waals surface area contributed by atoms with E-state index in [4.69, 9.17) is 0 Å². The number of carbonyl (C=O) groups is 1. The minimum absolute atomic E-state index is 0. The van der Waals surface area contributed by atoms with Crippen LogP contribution in [-0.4, -0.2) is 30.8 Å². The van der Waals surface area contributed by atoms with E-state index in [-0.39, 0.29) is 24.2 Å². The normalized spacial score (nSPS) is 11.7. The van der Waals surface area contributed by atoms with Crippen molar-refractivity contribution in [3.8, 4) is 11.1 Å². The van der Waals surface area contributed by atoms with Crippen molar-refractivity contribution in [3.05, 3.63) is 96.1 Å². The van der Waals surface area contributed by atoms with Gasteiger partial charge in [0, 0.05) is 5.56 Å². The maximum atomic E-state index is 13.0. The highest BCUT2D eigenvalue weighted by Gasteiger charge is 2.22. The lowest BCUT2D eigenvalue weighted by Crippen LogP contribution is -2.37. The highest BCUT2D eigenvalue weighted by molar-refractivity contribution is 6.00. The summed E-state index contributed by atoms with van der Waals surface area (Å²) in [6.07, 6.45) is 0.715. The van der Waals surface area contributed by atoms with E-state index in [1.54, 1.807) is 0 Å². The lowest BCUT2D eigenvalue weighted by atomic mass is 9.95. The van der Waals surface area contributed by atoms with Crippen molar-refractivity contribution in [1.29, 1.82) is 0 Å². The van der Waals surface area contributed by atoms with Gasteiger partial charge in [0.25, 0.3) is 0 Å². The molecule has 0 aliphatic heterocycles. The average molecular weight is 366 g/mol. The number of nitrogens with zero attached hydrogens (tertiary/aromatic N) is 1. The number of ketones is 1. The van der Waals surface area contributed by atoms with E-state index >= 15 is 0 Å². The molecule has 3 aromatic carbocycles. The number of halogens is 1. The van der Waals surface area contributed by atoms with Crippen molar-refractivity contribution >= 4 is 18.2 Å². The van der Waals surface area contributed by atoms with Gasteiger partial charge in [-0.05, 0) is 37.2 Å². The van der Waals surface area contributed by atoms with Gasteiger partial charge >= 0.3 is 0 Å². The Labute approximate surface area is 161 Å². The number of benzene rings is 3. The lowest BCUT2D eigenvalue weighted by molar-refractivity contribution is 0.0875. The van der Waals surface area contributed by atoms with E-state index in [2.05, 4.69) is 24.3 Å². The van der Waals surface area contributed by atoms with Crippen molar-refractivity contribution in [1.82, 2.24) is 4.90 Å². The quantitative estimate of drug-likeness (QED) is 0.564. The van der Waals surface area contributed by atoms with E-state index in [0.717, 1.165) is 16.7 Å². The average Bonchev–Trinajstić information content (AvgIpc) is 2.67. The third-order valence-corrected chi connectivity index (χ3v) is 4.47. The summed E-state index contributed by atoms with van der Waals surface area (Å²) >= 11 is 0. The molecule has 134 valence electrons. The number of hydrogen-bond donors (Lipinski definition) is 0. The van der Waals surface area contributed by atoms with E-state index in [9.17, 15) is 4.79 Å². The van der Waals surface area contributed by atoms with Crippen molar-refractivity contribution in [2.75, 3.05) is 14.1 Å². The van der Waals surface area contributed by atoms with E-state index in [1.807, 2.05) is 79.7 Å². The van der Waals surface area contributed by atoms with Gasteiger partial charge in [-0.1, -0.05) is 84.9 Å². The van der Waals surface area contributed by atoms with Gasteiger partial charge in [-0.15, -0.1) is 12.4 Å². The molecule has 0 aromatic heterocycles. The van der Waals surface area contributed by atoms with Gasteiger partial charge in [-0.25, -0.2) is 0 Å². The van der Waals surface area contributed by atoms with Crippen LogP contribution in [0.3, 0.4) is 0 Å². The summed E-state index contributed by atoms with van der Waals surface area (Å²) in [4.78, 5) is 15.0. The first-order chi connectivity index (χ1) is 12.1.